The van der Waals surface area contributed by atoms with E-state index in [-0.39, 0.29) is 11.4 Å². The van der Waals surface area contributed by atoms with E-state index in [9.17, 15) is 10.1 Å². The summed E-state index contributed by atoms with van der Waals surface area (Å²) in [6.45, 7) is 5.10. The summed E-state index contributed by atoms with van der Waals surface area (Å²) in [5.41, 5.74) is 8.02. The molecule has 2 aliphatic carbocycles. The molecule has 7 rings (SSSR count). The Balaban J connectivity index is 1.08. The van der Waals surface area contributed by atoms with E-state index in [0.717, 1.165) is 53.0 Å². The van der Waals surface area contributed by atoms with Gasteiger partial charge in [0.1, 0.15) is 6.07 Å². The van der Waals surface area contributed by atoms with Crippen LogP contribution in [0, 0.1) is 22.7 Å². The molecule has 1 amide bonds. The molecule has 41 heavy (non-hydrogen) atoms. The highest BCUT2D eigenvalue weighted by Gasteiger charge is 2.48. The Morgan fingerprint density at radius 3 is 2.63 bits per heavy atom. The number of amides is 1. The second-order valence-corrected chi connectivity index (χ2v) is 12.7. The van der Waals surface area contributed by atoms with Crippen LogP contribution in [0.2, 0.25) is 0 Å². The van der Waals surface area contributed by atoms with Gasteiger partial charge in [0.05, 0.1) is 47.4 Å². The maximum Gasteiger partial charge on any atom is 0.217 e. The standard InChI is InChI=1S/C32H35N7O2/c1-20(40)35-24-7-9-32(10-8-24)14-23(15-32)27-13-29(38-37-27)26-5-3-22(12-28(26)36-31(2)18-41-19-31)30-6-4-25-11-21(16-33)17-34-39(25)30/h3-6,11-12,17,23-24,36H,7-10,13-15,18-19H2,1-2H3,(H,35,40). The Kier molecular flexibility index (Phi) is 6.20. The predicted octanol–water partition coefficient (Wildman–Crippen LogP) is 5.10. The first-order chi connectivity index (χ1) is 19.8. The molecule has 0 radical (unpaired) electrons. The van der Waals surface area contributed by atoms with Gasteiger partial charge in [0.2, 0.25) is 5.91 Å². The quantitative estimate of drug-likeness (QED) is 0.444. The zero-order chi connectivity index (χ0) is 28.2. The Bertz CT molecular complexity index is 1630. The molecule has 2 aliphatic heterocycles. The molecule has 4 heterocycles. The highest BCUT2D eigenvalue weighted by molar-refractivity contribution is 6.18. The van der Waals surface area contributed by atoms with Gasteiger partial charge in [-0.1, -0.05) is 12.1 Å². The summed E-state index contributed by atoms with van der Waals surface area (Å²) >= 11 is 0. The Labute approximate surface area is 239 Å². The number of anilines is 1. The number of hydrogen-bond donors (Lipinski definition) is 2. The molecule has 1 spiro atoms. The topological polar surface area (TPSA) is 116 Å². The number of carbonyl (C=O) groups excluding carboxylic acids is 1. The van der Waals surface area contributed by atoms with E-state index in [1.165, 1.54) is 31.4 Å². The second-order valence-electron chi connectivity index (χ2n) is 12.7. The number of carbonyl (C=O) groups is 1. The van der Waals surface area contributed by atoms with E-state index < -0.39 is 0 Å². The van der Waals surface area contributed by atoms with E-state index >= 15 is 0 Å². The average molecular weight is 550 g/mol. The van der Waals surface area contributed by atoms with Crippen molar-refractivity contribution in [1.82, 2.24) is 14.9 Å². The molecule has 9 heteroatoms. The van der Waals surface area contributed by atoms with Crippen molar-refractivity contribution in [3.8, 4) is 17.3 Å². The van der Waals surface area contributed by atoms with Crippen LogP contribution in [-0.4, -0.2) is 51.7 Å². The van der Waals surface area contributed by atoms with Crippen LogP contribution in [0.25, 0.3) is 16.8 Å². The molecule has 2 saturated carbocycles. The smallest absolute Gasteiger partial charge is 0.217 e. The Hall–Kier alpha value is -4.03. The van der Waals surface area contributed by atoms with Crippen molar-refractivity contribution < 1.29 is 9.53 Å². The van der Waals surface area contributed by atoms with Gasteiger partial charge in [0.15, 0.2) is 0 Å². The SMILES string of the molecule is CC(=O)NC1CCC2(CC1)CC(C1=NN=C(c3ccc(-c4ccc5cc(C#N)cnn45)cc3NC3(C)COC3)C1)C2. The van der Waals surface area contributed by atoms with Crippen molar-refractivity contribution in [3.05, 3.63) is 53.7 Å². The number of fused-ring (bicyclic) bond motifs is 1. The van der Waals surface area contributed by atoms with Crippen molar-refractivity contribution in [2.75, 3.05) is 18.5 Å². The van der Waals surface area contributed by atoms with E-state index in [0.29, 0.717) is 36.2 Å². The Morgan fingerprint density at radius 2 is 1.93 bits per heavy atom. The molecule has 0 atom stereocenters. The number of nitrogens with zero attached hydrogens (tertiary/aromatic N) is 5. The second kappa shape index (κ2) is 9.81. The van der Waals surface area contributed by atoms with Crippen molar-refractivity contribution in [3.63, 3.8) is 0 Å². The summed E-state index contributed by atoms with van der Waals surface area (Å²) in [7, 11) is 0. The van der Waals surface area contributed by atoms with Crippen LogP contribution in [0.3, 0.4) is 0 Å². The minimum absolute atomic E-state index is 0.0795. The molecule has 4 aliphatic rings. The Morgan fingerprint density at radius 1 is 1.12 bits per heavy atom. The normalized spacial score (nSPS) is 26.5. The first kappa shape index (κ1) is 25.9. The molecular weight excluding hydrogens is 514 g/mol. The largest absolute Gasteiger partial charge is 0.376 e. The number of nitrogens with one attached hydrogen (secondary N) is 2. The van der Waals surface area contributed by atoms with E-state index in [2.05, 4.69) is 46.9 Å². The summed E-state index contributed by atoms with van der Waals surface area (Å²) < 4.78 is 7.40. The summed E-state index contributed by atoms with van der Waals surface area (Å²) in [6.07, 6.45) is 9.28. The fourth-order valence-corrected chi connectivity index (χ4v) is 7.18. The van der Waals surface area contributed by atoms with Crippen LogP contribution < -0.4 is 10.6 Å². The lowest BCUT2D eigenvalue weighted by molar-refractivity contribution is -0.120. The zero-order valence-electron chi connectivity index (χ0n) is 23.6. The van der Waals surface area contributed by atoms with E-state index in [4.69, 9.17) is 14.9 Å². The summed E-state index contributed by atoms with van der Waals surface area (Å²) in [5, 5.41) is 30.0. The summed E-state index contributed by atoms with van der Waals surface area (Å²) in [6, 6.07) is 14.8. The van der Waals surface area contributed by atoms with Crippen LogP contribution in [-0.2, 0) is 9.53 Å². The van der Waals surface area contributed by atoms with Crippen LogP contribution in [0.15, 0.2) is 52.8 Å². The van der Waals surface area contributed by atoms with Crippen LogP contribution in [0.1, 0.15) is 69.9 Å². The average Bonchev–Trinajstić information content (AvgIpc) is 3.58. The van der Waals surface area contributed by atoms with Crippen molar-refractivity contribution >= 4 is 28.5 Å². The summed E-state index contributed by atoms with van der Waals surface area (Å²) in [4.78, 5) is 11.4. The molecule has 210 valence electrons. The molecule has 2 aromatic heterocycles. The third kappa shape index (κ3) is 4.80. The molecule has 9 nitrogen and oxygen atoms in total. The van der Waals surface area contributed by atoms with Crippen LogP contribution in [0.5, 0.6) is 0 Å². The lowest BCUT2D eigenvalue weighted by Gasteiger charge is -2.51. The van der Waals surface area contributed by atoms with Gasteiger partial charge in [-0.25, -0.2) is 4.52 Å². The van der Waals surface area contributed by atoms with Gasteiger partial charge in [-0.3, -0.25) is 4.79 Å². The minimum Gasteiger partial charge on any atom is -0.376 e. The highest BCUT2D eigenvalue weighted by Crippen LogP contribution is 2.55. The number of benzene rings is 1. The predicted molar refractivity (Wildman–Crippen MR) is 158 cm³/mol. The fourth-order valence-electron chi connectivity index (χ4n) is 7.18. The van der Waals surface area contributed by atoms with E-state index in [1.807, 2.05) is 22.7 Å². The van der Waals surface area contributed by atoms with Crippen LogP contribution >= 0.6 is 0 Å². The molecule has 2 N–H and O–H groups in total. The highest BCUT2D eigenvalue weighted by atomic mass is 16.5. The van der Waals surface area contributed by atoms with Crippen molar-refractivity contribution in [1.29, 1.82) is 5.26 Å². The monoisotopic (exact) mass is 549 g/mol. The molecular formula is C32H35N7O2. The first-order valence-corrected chi connectivity index (χ1v) is 14.6. The van der Waals surface area contributed by atoms with Gasteiger partial charge in [-0.05, 0) is 75.1 Å². The zero-order valence-corrected chi connectivity index (χ0v) is 23.6. The molecule has 0 bridgehead atoms. The summed E-state index contributed by atoms with van der Waals surface area (Å²) in [5.74, 6) is 0.578. The van der Waals surface area contributed by atoms with E-state index in [1.54, 1.807) is 13.1 Å². The third-order valence-electron chi connectivity index (χ3n) is 9.46. The van der Waals surface area contributed by atoms with Gasteiger partial charge in [-0.15, -0.1) is 0 Å². The molecule has 0 unspecified atom stereocenters. The van der Waals surface area contributed by atoms with Crippen molar-refractivity contribution in [2.45, 2.75) is 70.4 Å². The lowest BCUT2D eigenvalue weighted by atomic mass is 9.54. The third-order valence-corrected chi connectivity index (χ3v) is 9.46. The van der Waals surface area contributed by atoms with Gasteiger partial charge in [0, 0.05) is 47.8 Å². The maximum absolute atomic E-state index is 11.4. The molecule has 1 aromatic carbocycles. The first-order valence-electron chi connectivity index (χ1n) is 14.6. The van der Waals surface area contributed by atoms with Gasteiger partial charge in [-0.2, -0.15) is 20.6 Å². The van der Waals surface area contributed by atoms with Crippen LogP contribution in [0.4, 0.5) is 5.69 Å². The number of aromatic nitrogens is 2. The number of ether oxygens (including phenoxy) is 1. The van der Waals surface area contributed by atoms with Gasteiger partial charge in [0.25, 0.3) is 0 Å². The lowest BCUT2D eigenvalue weighted by Crippen LogP contribution is -2.53. The number of hydrogen-bond acceptors (Lipinski definition) is 7. The van der Waals surface area contributed by atoms with Crippen molar-refractivity contribution in [2.24, 2.45) is 21.5 Å². The molecule has 1 saturated heterocycles. The van der Waals surface area contributed by atoms with Gasteiger partial charge < -0.3 is 15.4 Å². The molecule has 3 fully saturated rings. The number of rotatable bonds is 6. The minimum atomic E-state index is -0.131. The molecule has 3 aromatic rings. The van der Waals surface area contributed by atoms with Gasteiger partial charge >= 0.3 is 0 Å². The maximum atomic E-state index is 11.4. The fraction of sp³-hybridized carbons (Fsp3) is 0.469. The number of nitriles is 1.